The first-order chi connectivity index (χ1) is 10.5. The Bertz CT molecular complexity index is 710. The molecule has 0 fully saturated rings. The number of nitrogens with one attached hydrogen (secondary N) is 2. The molecule has 5 heteroatoms. The van der Waals surface area contributed by atoms with Gasteiger partial charge in [0.15, 0.2) is 0 Å². The van der Waals surface area contributed by atoms with Crippen LogP contribution in [-0.4, -0.2) is 22.4 Å². The fourth-order valence-electron chi connectivity index (χ4n) is 1.97. The van der Waals surface area contributed by atoms with Crippen molar-refractivity contribution in [3.05, 3.63) is 59.6 Å². The van der Waals surface area contributed by atoms with Crippen molar-refractivity contribution in [1.82, 2.24) is 15.3 Å². The predicted octanol–water partition coefficient (Wildman–Crippen LogP) is 3.06. The number of hydrogen-bond acceptors (Lipinski definition) is 4. The average Bonchev–Trinajstić information content (AvgIpc) is 2.48. The van der Waals surface area contributed by atoms with Gasteiger partial charge in [-0.2, -0.15) is 0 Å². The minimum Gasteiger partial charge on any atom is -0.347 e. The number of rotatable bonds is 5. The highest BCUT2D eigenvalue weighted by molar-refractivity contribution is 5.93. The van der Waals surface area contributed by atoms with Gasteiger partial charge in [-0.25, -0.2) is 9.97 Å². The summed E-state index contributed by atoms with van der Waals surface area (Å²) in [5.41, 5.74) is 3.69. The van der Waals surface area contributed by atoms with E-state index in [-0.39, 0.29) is 5.91 Å². The van der Waals surface area contributed by atoms with Crippen molar-refractivity contribution >= 4 is 17.4 Å². The number of aryl methyl sites for hydroxylation is 3. The summed E-state index contributed by atoms with van der Waals surface area (Å²) < 4.78 is 0. The van der Waals surface area contributed by atoms with Crippen LogP contribution in [0.4, 0.5) is 11.5 Å². The van der Waals surface area contributed by atoms with Gasteiger partial charge in [0.1, 0.15) is 17.3 Å². The molecule has 2 aromatic rings. The molecular weight excluding hydrogens is 276 g/mol. The summed E-state index contributed by atoms with van der Waals surface area (Å²) in [4.78, 5) is 20.5. The number of carbonyl (C=O) groups excluding carboxylic acids is 1. The lowest BCUT2D eigenvalue weighted by atomic mass is 10.1. The number of hydrogen-bond donors (Lipinski definition) is 2. The quantitative estimate of drug-likeness (QED) is 0.832. The van der Waals surface area contributed by atoms with Crippen molar-refractivity contribution in [1.29, 1.82) is 0 Å². The molecule has 1 heterocycles. The number of amides is 1. The highest BCUT2D eigenvalue weighted by atomic mass is 16.1. The first-order valence-corrected chi connectivity index (χ1v) is 7.08. The fourth-order valence-corrected chi connectivity index (χ4v) is 1.97. The van der Waals surface area contributed by atoms with E-state index in [9.17, 15) is 4.79 Å². The van der Waals surface area contributed by atoms with Crippen LogP contribution in [-0.2, 0) is 0 Å². The van der Waals surface area contributed by atoms with Crippen LogP contribution in [0.5, 0.6) is 0 Å². The van der Waals surface area contributed by atoms with Crippen molar-refractivity contribution in [3.8, 4) is 0 Å². The van der Waals surface area contributed by atoms with Gasteiger partial charge in [0.25, 0.3) is 5.91 Å². The molecule has 0 aliphatic heterocycles. The molecule has 0 unspecified atom stereocenters. The maximum absolute atomic E-state index is 12.0. The zero-order valence-corrected chi connectivity index (χ0v) is 13.1. The van der Waals surface area contributed by atoms with Gasteiger partial charge in [-0.15, -0.1) is 6.58 Å². The molecule has 0 saturated heterocycles. The van der Waals surface area contributed by atoms with E-state index in [0.717, 1.165) is 5.69 Å². The van der Waals surface area contributed by atoms with Crippen LogP contribution < -0.4 is 10.6 Å². The van der Waals surface area contributed by atoms with Gasteiger partial charge in [-0.3, -0.25) is 4.79 Å². The molecule has 0 spiro atoms. The van der Waals surface area contributed by atoms with Gasteiger partial charge >= 0.3 is 0 Å². The van der Waals surface area contributed by atoms with Crippen molar-refractivity contribution in [3.63, 3.8) is 0 Å². The standard InChI is InChI=1S/C17H20N4O/c1-5-8-18-17(22)15-10-16(20-13(4)19-15)21-14-7-6-11(2)12(3)9-14/h5-7,9-10H,1,8H2,2-4H3,(H,18,22)(H,19,20,21). The topological polar surface area (TPSA) is 66.9 Å². The maximum atomic E-state index is 12.0. The summed E-state index contributed by atoms with van der Waals surface area (Å²) in [7, 11) is 0. The smallest absolute Gasteiger partial charge is 0.270 e. The van der Waals surface area contributed by atoms with Crippen LogP contribution >= 0.6 is 0 Å². The second kappa shape index (κ2) is 6.85. The Morgan fingerprint density at radius 3 is 2.64 bits per heavy atom. The Morgan fingerprint density at radius 2 is 1.95 bits per heavy atom. The van der Waals surface area contributed by atoms with Gasteiger partial charge in [0.2, 0.25) is 0 Å². The summed E-state index contributed by atoms with van der Waals surface area (Å²) in [6, 6.07) is 7.71. The van der Waals surface area contributed by atoms with Crippen LogP contribution in [0.2, 0.25) is 0 Å². The summed E-state index contributed by atoms with van der Waals surface area (Å²) in [6.45, 7) is 9.86. The van der Waals surface area contributed by atoms with E-state index >= 15 is 0 Å². The SMILES string of the molecule is C=CCNC(=O)c1cc(Nc2ccc(C)c(C)c2)nc(C)n1. The highest BCUT2D eigenvalue weighted by Gasteiger charge is 2.10. The zero-order chi connectivity index (χ0) is 16.1. The van der Waals surface area contributed by atoms with Crippen LogP contribution in [0.1, 0.15) is 27.4 Å². The third kappa shape index (κ3) is 3.91. The first-order valence-electron chi connectivity index (χ1n) is 7.08. The Hall–Kier alpha value is -2.69. The minimum absolute atomic E-state index is 0.242. The summed E-state index contributed by atoms with van der Waals surface area (Å²) >= 11 is 0. The van der Waals surface area contributed by atoms with Crippen LogP contribution in [0.15, 0.2) is 36.9 Å². The summed E-state index contributed by atoms with van der Waals surface area (Å²) in [6.07, 6.45) is 1.63. The maximum Gasteiger partial charge on any atom is 0.270 e. The number of carbonyl (C=O) groups is 1. The molecule has 1 aromatic carbocycles. The van der Waals surface area contributed by atoms with Crippen LogP contribution in [0.3, 0.4) is 0 Å². The van der Waals surface area contributed by atoms with E-state index in [1.165, 1.54) is 11.1 Å². The molecule has 1 aromatic heterocycles. The number of anilines is 2. The second-order valence-corrected chi connectivity index (χ2v) is 5.11. The molecule has 0 atom stereocenters. The van der Waals surface area contributed by atoms with Crippen molar-refractivity contribution in [2.45, 2.75) is 20.8 Å². The van der Waals surface area contributed by atoms with E-state index < -0.39 is 0 Å². The van der Waals surface area contributed by atoms with Gasteiger partial charge in [-0.1, -0.05) is 12.1 Å². The monoisotopic (exact) mass is 296 g/mol. The molecule has 5 nitrogen and oxygen atoms in total. The van der Waals surface area contributed by atoms with Gasteiger partial charge in [-0.05, 0) is 44.0 Å². The molecule has 0 radical (unpaired) electrons. The van der Waals surface area contributed by atoms with Crippen molar-refractivity contribution in [2.75, 3.05) is 11.9 Å². The largest absolute Gasteiger partial charge is 0.347 e. The first kappa shape index (κ1) is 15.7. The van der Waals surface area contributed by atoms with Crippen molar-refractivity contribution < 1.29 is 4.79 Å². The molecule has 114 valence electrons. The lowest BCUT2D eigenvalue weighted by molar-refractivity contribution is 0.0952. The molecule has 0 aliphatic carbocycles. The Balaban J connectivity index is 2.23. The molecule has 22 heavy (non-hydrogen) atoms. The third-order valence-electron chi connectivity index (χ3n) is 3.26. The molecular formula is C17H20N4O. The lowest BCUT2D eigenvalue weighted by Gasteiger charge is -2.10. The van der Waals surface area contributed by atoms with E-state index in [1.54, 1.807) is 19.1 Å². The van der Waals surface area contributed by atoms with E-state index in [2.05, 4.69) is 41.0 Å². The second-order valence-electron chi connectivity index (χ2n) is 5.11. The molecule has 1 amide bonds. The summed E-state index contributed by atoms with van der Waals surface area (Å²) in [5, 5.41) is 5.92. The average molecular weight is 296 g/mol. The normalized spacial score (nSPS) is 10.1. The molecule has 2 rings (SSSR count). The Labute approximate surface area is 130 Å². The minimum atomic E-state index is -0.242. The Kier molecular flexibility index (Phi) is 4.88. The third-order valence-corrected chi connectivity index (χ3v) is 3.26. The lowest BCUT2D eigenvalue weighted by Crippen LogP contribution is -2.24. The molecule has 0 bridgehead atoms. The van der Waals surface area contributed by atoms with Gasteiger partial charge in [0, 0.05) is 18.3 Å². The number of aromatic nitrogens is 2. The van der Waals surface area contributed by atoms with Crippen LogP contribution in [0, 0.1) is 20.8 Å². The zero-order valence-electron chi connectivity index (χ0n) is 13.1. The van der Waals surface area contributed by atoms with Gasteiger partial charge in [0.05, 0.1) is 0 Å². The number of nitrogens with zero attached hydrogens (tertiary/aromatic N) is 2. The van der Waals surface area contributed by atoms with Crippen LogP contribution in [0.25, 0.3) is 0 Å². The fraction of sp³-hybridized carbons (Fsp3) is 0.235. The van der Waals surface area contributed by atoms with E-state index in [4.69, 9.17) is 0 Å². The molecule has 2 N–H and O–H groups in total. The van der Waals surface area contributed by atoms with E-state index in [0.29, 0.717) is 23.9 Å². The molecule has 0 aliphatic rings. The molecule has 0 saturated carbocycles. The Morgan fingerprint density at radius 1 is 1.18 bits per heavy atom. The van der Waals surface area contributed by atoms with Gasteiger partial charge < -0.3 is 10.6 Å². The predicted molar refractivity (Wildman–Crippen MR) is 88.5 cm³/mol. The van der Waals surface area contributed by atoms with Crippen molar-refractivity contribution in [2.24, 2.45) is 0 Å². The highest BCUT2D eigenvalue weighted by Crippen LogP contribution is 2.19. The number of benzene rings is 1. The summed E-state index contributed by atoms with van der Waals surface area (Å²) in [5.74, 6) is 0.894. The van der Waals surface area contributed by atoms with E-state index in [1.807, 2.05) is 18.2 Å².